The third kappa shape index (κ3) is 5.61. The molecule has 4 nitrogen and oxygen atoms in total. The zero-order chi connectivity index (χ0) is 23.1. The summed E-state index contributed by atoms with van der Waals surface area (Å²) in [7, 11) is 0. The van der Waals surface area contributed by atoms with Gasteiger partial charge in [0, 0.05) is 11.8 Å². The Bertz CT molecular complexity index is 1060. The number of hydrogen-bond donors (Lipinski definition) is 4. The number of para-hydroxylation sites is 2. The summed E-state index contributed by atoms with van der Waals surface area (Å²) >= 11 is 0. The highest BCUT2D eigenvalue weighted by molar-refractivity contribution is 5.42. The van der Waals surface area contributed by atoms with Crippen LogP contribution in [0.25, 0.3) is 0 Å². The molecule has 0 unspecified atom stereocenters. The molecule has 0 aromatic heterocycles. The summed E-state index contributed by atoms with van der Waals surface area (Å²) in [5, 5.41) is 37.8. The Labute approximate surface area is 188 Å². The van der Waals surface area contributed by atoms with Gasteiger partial charge in [-0.1, -0.05) is 74.5 Å². The van der Waals surface area contributed by atoms with Gasteiger partial charge in [0.2, 0.25) is 0 Å². The van der Waals surface area contributed by atoms with Crippen molar-refractivity contribution in [3.8, 4) is 23.0 Å². The first-order valence-electron chi connectivity index (χ1n) is 10.4. The minimum absolute atomic E-state index is 0.151. The van der Waals surface area contributed by atoms with E-state index in [0.29, 0.717) is 6.42 Å². The molecule has 0 bridgehead atoms. The Hall–Kier alpha value is -3.92. The second-order valence-corrected chi connectivity index (χ2v) is 8.15. The standard InChI is InChI=1S/C15H16O2.C13H12O2/c1-15(2,11-3-7-13(16)8-4-11)12-5-9-14(17)10-6-12;14-12-7-3-1-5-10(12)9-11-6-2-4-8-13(11)15/h3-10,16-17H,1-2H3;1-8,14-15H,9H2. The van der Waals surface area contributed by atoms with E-state index >= 15 is 0 Å². The van der Waals surface area contributed by atoms with E-state index in [0.717, 1.165) is 22.3 Å². The van der Waals surface area contributed by atoms with E-state index in [-0.39, 0.29) is 28.4 Å². The maximum absolute atomic E-state index is 9.58. The lowest BCUT2D eigenvalue weighted by Crippen LogP contribution is -2.18. The maximum atomic E-state index is 9.58. The van der Waals surface area contributed by atoms with Gasteiger partial charge in [-0.3, -0.25) is 0 Å². The fourth-order valence-electron chi connectivity index (χ4n) is 3.45. The van der Waals surface area contributed by atoms with Crippen LogP contribution in [0.4, 0.5) is 0 Å². The van der Waals surface area contributed by atoms with Crippen LogP contribution in [0.15, 0.2) is 97.1 Å². The highest BCUT2D eigenvalue weighted by atomic mass is 16.3. The molecule has 0 saturated heterocycles. The van der Waals surface area contributed by atoms with Gasteiger partial charge in [0.05, 0.1) is 0 Å². The Morgan fingerprint density at radius 2 is 0.844 bits per heavy atom. The molecule has 4 aromatic carbocycles. The van der Waals surface area contributed by atoms with Crippen LogP contribution in [0.3, 0.4) is 0 Å². The molecule has 32 heavy (non-hydrogen) atoms. The average molecular weight is 429 g/mol. The zero-order valence-electron chi connectivity index (χ0n) is 18.2. The lowest BCUT2D eigenvalue weighted by atomic mass is 9.78. The first-order valence-corrected chi connectivity index (χ1v) is 10.4. The third-order valence-corrected chi connectivity index (χ3v) is 5.54. The number of benzene rings is 4. The molecule has 4 heteroatoms. The molecule has 0 aliphatic heterocycles. The Kier molecular flexibility index (Phi) is 7.06. The lowest BCUT2D eigenvalue weighted by molar-refractivity contribution is 0.463. The minimum Gasteiger partial charge on any atom is -0.508 e. The van der Waals surface area contributed by atoms with E-state index < -0.39 is 0 Å². The van der Waals surface area contributed by atoms with Crippen molar-refractivity contribution in [3.63, 3.8) is 0 Å². The van der Waals surface area contributed by atoms with Gasteiger partial charge in [-0.05, 0) is 58.7 Å². The van der Waals surface area contributed by atoms with Gasteiger partial charge >= 0.3 is 0 Å². The molecule has 4 N–H and O–H groups in total. The van der Waals surface area contributed by atoms with Crippen molar-refractivity contribution in [2.24, 2.45) is 0 Å². The summed E-state index contributed by atoms with van der Waals surface area (Å²) in [6.45, 7) is 4.23. The normalized spacial score (nSPS) is 10.8. The van der Waals surface area contributed by atoms with Gasteiger partial charge in [-0.25, -0.2) is 0 Å². The van der Waals surface area contributed by atoms with Crippen LogP contribution in [0.1, 0.15) is 36.1 Å². The molecular weight excluding hydrogens is 400 g/mol. The molecule has 0 fully saturated rings. The molecule has 0 atom stereocenters. The molecule has 0 heterocycles. The van der Waals surface area contributed by atoms with Crippen LogP contribution >= 0.6 is 0 Å². The summed E-state index contributed by atoms with van der Waals surface area (Å²) in [5.74, 6) is 1.08. The molecule has 4 rings (SSSR count). The lowest BCUT2D eigenvalue weighted by Gasteiger charge is -2.26. The van der Waals surface area contributed by atoms with Crippen LogP contribution < -0.4 is 0 Å². The number of rotatable bonds is 4. The van der Waals surface area contributed by atoms with Crippen LogP contribution in [-0.4, -0.2) is 20.4 Å². The Morgan fingerprint density at radius 3 is 1.19 bits per heavy atom. The smallest absolute Gasteiger partial charge is 0.119 e. The fraction of sp³-hybridized carbons (Fsp3) is 0.143. The summed E-state index contributed by atoms with van der Waals surface area (Å²) < 4.78 is 0. The second kappa shape index (κ2) is 9.92. The average Bonchev–Trinajstić information content (AvgIpc) is 2.78. The van der Waals surface area contributed by atoms with Gasteiger partial charge in [0.15, 0.2) is 0 Å². The molecule has 4 aromatic rings. The number of aromatic hydroxyl groups is 4. The van der Waals surface area contributed by atoms with Crippen molar-refractivity contribution < 1.29 is 20.4 Å². The highest BCUT2D eigenvalue weighted by Crippen LogP contribution is 2.33. The Balaban J connectivity index is 0.000000182. The molecule has 0 radical (unpaired) electrons. The van der Waals surface area contributed by atoms with Crippen LogP contribution in [0.5, 0.6) is 23.0 Å². The Morgan fingerprint density at radius 1 is 0.500 bits per heavy atom. The molecule has 164 valence electrons. The fourth-order valence-corrected chi connectivity index (χ4v) is 3.45. The van der Waals surface area contributed by atoms with E-state index in [1.807, 2.05) is 48.5 Å². The van der Waals surface area contributed by atoms with Gasteiger partial charge in [-0.15, -0.1) is 0 Å². The van der Waals surface area contributed by atoms with Crippen molar-refractivity contribution in [2.75, 3.05) is 0 Å². The topological polar surface area (TPSA) is 80.9 Å². The quantitative estimate of drug-likeness (QED) is 0.316. The van der Waals surface area contributed by atoms with E-state index in [1.165, 1.54) is 0 Å². The highest BCUT2D eigenvalue weighted by Gasteiger charge is 2.22. The first-order chi connectivity index (χ1) is 15.3. The monoisotopic (exact) mass is 428 g/mol. The van der Waals surface area contributed by atoms with E-state index in [2.05, 4.69) is 13.8 Å². The minimum atomic E-state index is -0.151. The number of hydrogen-bond acceptors (Lipinski definition) is 4. The second-order valence-electron chi connectivity index (χ2n) is 8.15. The van der Waals surface area contributed by atoms with Crippen molar-refractivity contribution >= 4 is 0 Å². The largest absolute Gasteiger partial charge is 0.508 e. The van der Waals surface area contributed by atoms with Crippen molar-refractivity contribution in [3.05, 3.63) is 119 Å². The predicted molar refractivity (Wildman–Crippen MR) is 127 cm³/mol. The van der Waals surface area contributed by atoms with Crippen molar-refractivity contribution in [1.29, 1.82) is 0 Å². The molecule has 0 amide bonds. The molecule has 0 aliphatic rings. The number of phenols is 4. The van der Waals surface area contributed by atoms with Gasteiger partial charge < -0.3 is 20.4 Å². The van der Waals surface area contributed by atoms with E-state index in [1.54, 1.807) is 48.5 Å². The van der Waals surface area contributed by atoms with Gasteiger partial charge in [0.1, 0.15) is 23.0 Å². The third-order valence-electron chi connectivity index (χ3n) is 5.54. The van der Waals surface area contributed by atoms with Gasteiger partial charge in [-0.2, -0.15) is 0 Å². The van der Waals surface area contributed by atoms with Crippen LogP contribution in [-0.2, 0) is 11.8 Å². The molecule has 0 spiro atoms. The van der Waals surface area contributed by atoms with Crippen molar-refractivity contribution in [2.45, 2.75) is 25.7 Å². The molecule has 0 aliphatic carbocycles. The number of phenolic OH excluding ortho intramolecular Hbond substituents is 4. The van der Waals surface area contributed by atoms with E-state index in [4.69, 9.17) is 0 Å². The molecule has 0 saturated carbocycles. The summed E-state index contributed by atoms with van der Waals surface area (Å²) in [4.78, 5) is 0. The van der Waals surface area contributed by atoms with E-state index in [9.17, 15) is 20.4 Å². The van der Waals surface area contributed by atoms with Crippen LogP contribution in [0.2, 0.25) is 0 Å². The van der Waals surface area contributed by atoms with Gasteiger partial charge in [0.25, 0.3) is 0 Å². The first kappa shape index (κ1) is 22.8. The maximum Gasteiger partial charge on any atom is 0.119 e. The summed E-state index contributed by atoms with van der Waals surface area (Å²) in [5.41, 5.74) is 3.74. The molecular formula is C28H28O4. The zero-order valence-corrected chi connectivity index (χ0v) is 18.2. The summed E-state index contributed by atoms with van der Waals surface area (Å²) in [6, 6.07) is 28.7. The summed E-state index contributed by atoms with van der Waals surface area (Å²) in [6.07, 6.45) is 0.541. The SMILES string of the molecule is CC(C)(c1ccc(O)cc1)c1ccc(O)cc1.Oc1ccccc1Cc1ccccc1O. The predicted octanol–water partition coefficient (Wildman–Crippen LogP) is 6.11. The van der Waals surface area contributed by atoms with Crippen LogP contribution in [0, 0.1) is 0 Å². The van der Waals surface area contributed by atoms with Crippen molar-refractivity contribution in [1.82, 2.24) is 0 Å².